The van der Waals surface area contributed by atoms with E-state index in [-0.39, 0.29) is 5.69 Å². The molecule has 0 fully saturated rings. The second-order valence-electron chi connectivity index (χ2n) is 3.90. The third-order valence-electron chi connectivity index (χ3n) is 2.61. The summed E-state index contributed by atoms with van der Waals surface area (Å²) in [5.74, 6) is -0.990. The van der Waals surface area contributed by atoms with E-state index in [1.807, 2.05) is 26.0 Å². The van der Waals surface area contributed by atoms with Gasteiger partial charge in [0, 0.05) is 5.02 Å². The van der Waals surface area contributed by atoms with E-state index in [4.69, 9.17) is 11.6 Å². The van der Waals surface area contributed by atoms with Gasteiger partial charge in [0.2, 0.25) is 0 Å². The number of hydrogen-bond acceptors (Lipinski definition) is 3. The summed E-state index contributed by atoms with van der Waals surface area (Å²) in [5, 5.41) is 10.7. The van der Waals surface area contributed by atoms with Crippen LogP contribution in [0.5, 0.6) is 0 Å². The second kappa shape index (κ2) is 5.08. The highest BCUT2D eigenvalue weighted by Gasteiger charge is 2.19. The maximum Gasteiger partial charge on any atom is 0.356 e. The van der Waals surface area contributed by atoms with E-state index >= 15 is 0 Å². The van der Waals surface area contributed by atoms with Crippen molar-refractivity contribution < 1.29 is 9.90 Å². The number of hydrogen-bond donors (Lipinski definition) is 1. The molecular weight excluding hydrogens is 270 g/mol. The van der Waals surface area contributed by atoms with Gasteiger partial charge in [0.25, 0.3) is 0 Å². The first-order valence-electron chi connectivity index (χ1n) is 5.52. The molecule has 0 aliphatic heterocycles. The van der Waals surface area contributed by atoms with Crippen LogP contribution in [-0.4, -0.2) is 16.1 Å². The van der Waals surface area contributed by atoms with Crippen LogP contribution in [0.2, 0.25) is 5.02 Å². The van der Waals surface area contributed by atoms with Crippen molar-refractivity contribution in [3.8, 4) is 10.4 Å². The van der Waals surface area contributed by atoms with Crippen molar-refractivity contribution in [1.29, 1.82) is 0 Å². The first kappa shape index (κ1) is 13.1. The van der Waals surface area contributed by atoms with Crippen LogP contribution in [0.1, 0.15) is 28.0 Å². The third-order valence-corrected chi connectivity index (χ3v) is 4.08. The predicted molar refractivity (Wildman–Crippen MR) is 73.6 cm³/mol. The fourth-order valence-corrected chi connectivity index (χ4v) is 3.04. The minimum absolute atomic E-state index is 0.127. The van der Waals surface area contributed by atoms with Crippen LogP contribution in [0, 0.1) is 6.92 Å². The number of aromatic nitrogens is 1. The number of aromatic carboxylic acids is 1. The lowest BCUT2D eigenvalue weighted by Crippen LogP contribution is -1.99. The minimum Gasteiger partial charge on any atom is -0.476 e. The molecule has 0 unspecified atom stereocenters. The van der Waals surface area contributed by atoms with Crippen molar-refractivity contribution in [2.75, 3.05) is 0 Å². The summed E-state index contributed by atoms with van der Waals surface area (Å²) >= 11 is 7.34. The van der Waals surface area contributed by atoms with Gasteiger partial charge in [-0.25, -0.2) is 9.78 Å². The maximum absolute atomic E-state index is 11.2. The van der Waals surface area contributed by atoms with Gasteiger partial charge in [-0.1, -0.05) is 24.6 Å². The monoisotopic (exact) mass is 281 g/mol. The summed E-state index contributed by atoms with van der Waals surface area (Å²) < 4.78 is 0. The van der Waals surface area contributed by atoms with E-state index in [0.717, 1.165) is 22.6 Å². The summed E-state index contributed by atoms with van der Waals surface area (Å²) in [5.41, 5.74) is 1.97. The van der Waals surface area contributed by atoms with Crippen molar-refractivity contribution in [2.45, 2.75) is 20.3 Å². The number of thiazole rings is 1. The molecule has 0 bridgehead atoms. The minimum atomic E-state index is -0.990. The summed E-state index contributed by atoms with van der Waals surface area (Å²) in [6.07, 6.45) is 0.734. The summed E-state index contributed by atoms with van der Waals surface area (Å²) in [7, 11) is 0. The van der Waals surface area contributed by atoms with Crippen molar-refractivity contribution in [3.05, 3.63) is 39.5 Å². The molecule has 94 valence electrons. The van der Waals surface area contributed by atoms with Crippen molar-refractivity contribution >= 4 is 28.9 Å². The number of rotatable bonds is 3. The van der Waals surface area contributed by atoms with Crippen molar-refractivity contribution in [2.24, 2.45) is 0 Å². The molecule has 2 rings (SSSR count). The first-order valence-corrected chi connectivity index (χ1v) is 6.72. The van der Waals surface area contributed by atoms with Crippen LogP contribution in [0.25, 0.3) is 10.4 Å². The van der Waals surface area contributed by atoms with E-state index in [2.05, 4.69) is 4.98 Å². The highest BCUT2D eigenvalue weighted by Crippen LogP contribution is 2.34. The Labute approximate surface area is 114 Å². The summed E-state index contributed by atoms with van der Waals surface area (Å²) in [6, 6.07) is 5.44. The highest BCUT2D eigenvalue weighted by atomic mass is 35.5. The van der Waals surface area contributed by atoms with Gasteiger partial charge in [0.05, 0.1) is 9.88 Å². The smallest absolute Gasteiger partial charge is 0.356 e. The topological polar surface area (TPSA) is 50.2 Å². The molecule has 3 nitrogen and oxygen atoms in total. The van der Waals surface area contributed by atoms with E-state index in [1.165, 1.54) is 11.3 Å². The van der Waals surface area contributed by atoms with Crippen LogP contribution >= 0.6 is 22.9 Å². The number of halogens is 1. The van der Waals surface area contributed by atoms with Gasteiger partial charge in [0.15, 0.2) is 5.69 Å². The molecule has 1 heterocycles. The maximum atomic E-state index is 11.2. The standard InChI is InChI=1S/C13H12ClNO2S/c1-3-10-15-11(13(16)17)12(18-10)9-5-4-8(14)6-7(9)2/h4-6H,3H2,1-2H3,(H,16,17). The molecule has 2 aromatic rings. The summed E-state index contributed by atoms with van der Waals surface area (Å²) in [4.78, 5) is 16.1. The molecule has 0 aliphatic carbocycles. The molecule has 0 atom stereocenters. The Bertz CT molecular complexity index is 607. The quantitative estimate of drug-likeness (QED) is 0.924. The lowest BCUT2D eigenvalue weighted by Gasteiger charge is -2.04. The lowest BCUT2D eigenvalue weighted by atomic mass is 10.1. The van der Waals surface area contributed by atoms with Crippen LogP contribution in [0.4, 0.5) is 0 Å². The molecule has 1 aromatic heterocycles. The van der Waals surface area contributed by atoms with Gasteiger partial charge in [0.1, 0.15) is 0 Å². The van der Waals surface area contributed by atoms with Gasteiger partial charge in [-0.2, -0.15) is 0 Å². The fourth-order valence-electron chi connectivity index (χ4n) is 1.73. The third kappa shape index (κ3) is 2.40. The molecular formula is C13H12ClNO2S. The van der Waals surface area contributed by atoms with E-state index in [9.17, 15) is 9.90 Å². The molecule has 0 saturated carbocycles. The molecule has 1 aromatic carbocycles. The fraction of sp³-hybridized carbons (Fsp3) is 0.231. The number of carbonyl (C=O) groups is 1. The molecule has 0 saturated heterocycles. The molecule has 0 amide bonds. The molecule has 18 heavy (non-hydrogen) atoms. The predicted octanol–water partition coefficient (Wildman–Crippen LogP) is 4.03. The molecule has 0 aliphatic rings. The SMILES string of the molecule is CCc1nc(C(=O)O)c(-c2ccc(Cl)cc2C)s1. The Morgan fingerprint density at radius 1 is 1.50 bits per heavy atom. The zero-order valence-corrected chi connectivity index (χ0v) is 11.6. The van der Waals surface area contributed by atoms with Crippen molar-refractivity contribution in [3.63, 3.8) is 0 Å². The number of benzene rings is 1. The Morgan fingerprint density at radius 3 is 2.78 bits per heavy atom. The second-order valence-corrected chi connectivity index (χ2v) is 5.42. The number of nitrogens with zero attached hydrogens (tertiary/aromatic N) is 1. The van der Waals surface area contributed by atoms with Gasteiger partial charge in [-0.15, -0.1) is 11.3 Å². The zero-order valence-electron chi connectivity index (χ0n) is 10.0. The van der Waals surface area contributed by atoms with Gasteiger partial charge >= 0.3 is 5.97 Å². The molecule has 0 spiro atoms. The van der Waals surface area contributed by atoms with Crippen molar-refractivity contribution in [1.82, 2.24) is 4.98 Å². The van der Waals surface area contributed by atoms with E-state index in [0.29, 0.717) is 9.90 Å². The number of aryl methyl sites for hydroxylation is 2. The molecule has 1 N–H and O–H groups in total. The highest BCUT2D eigenvalue weighted by molar-refractivity contribution is 7.15. The normalized spacial score (nSPS) is 10.6. The Balaban J connectivity index is 2.62. The Morgan fingerprint density at radius 2 is 2.22 bits per heavy atom. The van der Waals surface area contributed by atoms with Crippen LogP contribution in [0.3, 0.4) is 0 Å². The van der Waals surface area contributed by atoms with Gasteiger partial charge < -0.3 is 5.11 Å². The van der Waals surface area contributed by atoms with Gasteiger partial charge in [-0.05, 0) is 36.6 Å². The van der Waals surface area contributed by atoms with Crippen LogP contribution in [0.15, 0.2) is 18.2 Å². The van der Waals surface area contributed by atoms with Crippen LogP contribution < -0.4 is 0 Å². The largest absolute Gasteiger partial charge is 0.476 e. The number of carboxylic acids is 1. The van der Waals surface area contributed by atoms with Gasteiger partial charge in [-0.3, -0.25) is 0 Å². The zero-order chi connectivity index (χ0) is 13.3. The summed E-state index contributed by atoms with van der Waals surface area (Å²) in [6.45, 7) is 3.88. The molecule has 0 radical (unpaired) electrons. The lowest BCUT2D eigenvalue weighted by molar-refractivity contribution is 0.0692. The van der Waals surface area contributed by atoms with E-state index < -0.39 is 5.97 Å². The average Bonchev–Trinajstić information content (AvgIpc) is 2.73. The Kier molecular flexibility index (Phi) is 3.68. The first-order chi connectivity index (χ1) is 8.52. The number of carboxylic acid groups (broad SMARTS) is 1. The van der Waals surface area contributed by atoms with E-state index in [1.54, 1.807) is 6.07 Å². The van der Waals surface area contributed by atoms with Crippen LogP contribution in [-0.2, 0) is 6.42 Å². The Hall–Kier alpha value is -1.39. The molecule has 5 heteroatoms. The average molecular weight is 282 g/mol.